The number of rotatable bonds is 7. The predicted octanol–water partition coefficient (Wildman–Crippen LogP) is 5.69. The van der Waals surface area contributed by atoms with Crippen LogP contribution >= 0.6 is 0 Å². The van der Waals surface area contributed by atoms with Gasteiger partial charge < -0.3 is 14.0 Å². The number of ether oxygens (including phenoxy) is 2. The lowest BCUT2D eigenvalue weighted by molar-refractivity contribution is -0.140. The number of nitrogens with zero attached hydrogens (tertiary/aromatic N) is 6. The molecule has 0 N–H and O–H groups in total. The number of alkyl halides is 3. The molecule has 4 aromatic rings. The Balaban J connectivity index is 1.39. The lowest BCUT2D eigenvalue weighted by atomic mass is 10.1. The zero-order valence-corrected chi connectivity index (χ0v) is 20.7. The molecule has 8 nitrogen and oxygen atoms in total. The normalized spacial score (nSPS) is 14.5. The van der Waals surface area contributed by atoms with Gasteiger partial charge in [0.25, 0.3) is 0 Å². The van der Waals surface area contributed by atoms with Gasteiger partial charge in [0.1, 0.15) is 23.8 Å². The summed E-state index contributed by atoms with van der Waals surface area (Å²) < 4.78 is 52.1. The maximum absolute atomic E-state index is 13.0. The molecule has 192 valence electrons. The van der Waals surface area contributed by atoms with Gasteiger partial charge in [0.15, 0.2) is 11.5 Å². The fourth-order valence-electron chi connectivity index (χ4n) is 4.09. The Kier molecular flexibility index (Phi) is 6.30. The van der Waals surface area contributed by atoms with Crippen LogP contribution in [0.25, 0.3) is 22.8 Å². The Morgan fingerprint density at radius 3 is 2.38 bits per heavy atom. The molecule has 1 fully saturated rings. The van der Waals surface area contributed by atoms with E-state index in [0.29, 0.717) is 34.6 Å². The van der Waals surface area contributed by atoms with Crippen molar-refractivity contribution in [3.63, 3.8) is 0 Å². The lowest BCUT2D eigenvalue weighted by Gasteiger charge is -2.17. The first-order chi connectivity index (χ1) is 17.7. The summed E-state index contributed by atoms with van der Waals surface area (Å²) in [4.78, 5) is 21.6. The van der Waals surface area contributed by atoms with Gasteiger partial charge in [-0.15, -0.1) is 0 Å². The molecule has 37 heavy (non-hydrogen) atoms. The van der Waals surface area contributed by atoms with Crippen LogP contribution in [0.5, 0.6) is 11.8 Å². The molecule has 1 aliphatic carbocycles. The van der Waals surface area contributed by atoms with Crippen LogP contribution in [-0.4, -0.2) is 36.6 Å². The predicted molar refractivity (Wildman–Crippen MR) is 129 cm³/mol. The second kappa shape index (κ2) is 9.45. The molecule has 0 aliphatic heterocycles. The molecule has 1 aromatic carbocycles. The third-order valence-corrected chi connectivity index (χ3v) is 6.24. The quantitative estimate of drug-likeness (QED) is 0.316. The minimum atomic E-state index is -4.50. The second-order valence-electron chi connectivity index (χ2n) is 9.04. The summed E-state index contributed by atoms with van der Waals surface area (Å²) in [5.74, 6) is 1.82. The monoisotopic (exact) mass is 510 g/mol. The van der Waals surface area contributed by atoms with Gasteiger partial charge in [-0.25, -0.2) is 19.9 Å². The largest absolute Gasteiger partial charge is 0.480 e. The molecule has 11 heteroatoms. The van der Waals surface area contributed by atoms with Crippen molar-refractivity contribution in [1.82, 2.24) is 29.5 Å². The van der Waals surface area contributed by atoms with Crippen molar-refractivity contribution >= 4 is 0 Å². The Bertz CT molecular complexity index is 1430. The van der Waals surface area contributed by atoms with Crippen molar-refractivity contribution in [2.24, 2.45) is 7.05 Å². The molecule has 0 unspecified atom stereocenters. The molecule has 3 heterocycles. The average Bonchev–Trinajstić information content (AvgIpc) is 3.65. The molecule has 1 saturated carbocycles. The van der Waals surface area contributed by atoms with Crippen LogP contribution in [0, 0.1) is 6.92 Å². The van der Waals surface area contributed by atoms with Gasteiger partial charge in [0, 0.05) is 36.5 Å². The molecule has 0 radical (unpaired) electrons. The Morgan fingerprint density at radius 2 is 1.76 bits per heavy atom. The fourth-order valence-corrected chi connectivity index (χ4v) is 4.09. The number of methoxy groups -OCH3 is 1. The van der Waals surface area contributed by atoms with Gasteiger partial charge in [-0.3, -0.25) is 0 Å². The number of benzene rings is 1. The summed E-state index contributed by atoms with van der Waals surface area (Å²) in [6.07, 6.45) is 1.36. The number of aromatic nitrogens is 6. The van der Waals surface area contributed by atoms with E-state index in [9.17, 15) is 13.2 Å². The molecule has 1 atom stereocenters. The summed E-state index contributed by atoms with van der Waals surface area (Å²) in [5, 5.41) is 0. The zero-order valence-electron chi connectivity index (χ0n) is 20.7. The molecule has 5 rings (SSSR count). The van der Waals surface area contributed by atoms with Crippen LogP contribution in [0.15, 0.2) is 43.0 Å². The molecule has 0 amide bonds. The lowest BCUT2D eigenvalue weighted by Crippen LogP contribution is -2.08. The van der Waals surface area contributed by atoms with Gasteiger partial charge in [-0.1, -0.05) is 24.3 Å². The van der Waals surface area contributed by atoms with Crippen LogP contribution in [0.1, 0.15) is 54.3 Å². The maximum Gasteiger partial charge on any atom is 0.434 e. The van der Waals surface area contributed by atoms with Crippen LogP contribution in [0.4, 0.5) is 13.2 Å². The van der Waals surface area contributed by atoms with Crippen LogP contribution in [-0.2, 0) is 13.2 Å². The second-order valence-corrected chi connectivity index (χ2v) is 9.04. The topological polar surface area (TPSA) is 87.8 Å². The first kappa shape index (κ1) is 24.7. The SMILES string of the molecule is COc1ncnc(C2CC2)c1-c1ncc(C)c(O[C@@H](C)c2ccc(-c3nc(C(F)(F)F)cn3C)cc2)n1. The van der Waals surface area contributed by atoms with E-state index in [4.69, 9.17) is 9.47 Å². The number of hydrogen-bond acceptors (Lipinski definition) is 7. The highest BCUT2D eigenvalue weighted by Crippen LogP contribution is 2.45. The third kappa shape index (κ3) is 4.98. The summed E-state index contributed by atoms with van der Waals surface area (Å²) in [7, 11) is 3.09. The third-order valence-electron chi connectivity index (χ3n) is 6.24. The average molecular weight is 511 g/mol. The van der Waals surface area contributed by atoms with Gasteiger partial charge >= 0.3 is 6.18 Å². The highest BCUT2D eigenvalue weighted by molar-refractivity contribution is 5.66. The summed E-state index contributed by atoms with van der Waals surface area (Å²) in [5.41, 5.74) is 2.76. The highest BCUT2D eigenvalue weighted by atomic mass is 19.4. The van der Waals surface area contributed by atoms with Gasteiger partial charge in [0.05, 0.1) is 12.8 Å². The van der Waals surface area contributed by atoms with Gasteiger partial charge in [0.2, 0.25) is 11.8 Å². The molecule has 0 spiro atoms. The van der Waals surface area contributed by atoms with Gasteiger partial charge in [-0.05, 0) is 32.3 Å². The Hall–Kier alpha value is -4.02. The number of aryl methyl sites for hydroxylation is 2. The van der Waals surface area contributed by atoms with E-state index in [2.05, 4.69) is 24.9 Å². The first-order valence-corrected chi connectivity index (χ1v) is 11.8. The maximum atomic E-state index is 13.0. The number of hydrogen-bond donors (Lipinski definition) is 0. The van der Waals surface area contributed by atoms with E-state index in [1.807, 2.05) is 13.8 Å². The van der Waals surface area contributed by atoms with E-state index in [1.165, 1.54) is 17.9 Å². The van der Waals surface area contributed by atoms with Crippen molar-refractivity contribution in [3.8, 4) is 34.5 Å². The van der Waals surface area contributed by atoms with Crippen molar-refractivity contribution < 1.29 is 22.6 Å². The van der Waals surface area contributed by atoms with Crippen molar-refractivity contribution in [2.45, 2.75) is 44.9 Å². The number of imidazole rings is 1. The molecule has 3 aromatic heterocycles. The van der Waals surface area contributed by atoms with Crippen LogP contribution < -0.4 is 9.47 Å². The first-order valence-electron chi connectivity index (χ1n) is 11.8. The van der Waals surface area contributed by atoms with Crippen LogP contribution in [0.2, 0.25) is 0 Å². The standard InChI is InChI=1S/C26H25F3N6O2/c1-14-11-30-22(20-21(17-7-8-17)31-13-32-25(20)36-4)34-24(14)37-15(2)16-5-9-18(10-6-16)23-33-19(12-35(23)3)26(27,28)29/h5-6,9-13,15,17H,7-8H2,1-4H3/t15-/m0/s1. The molecule has 1 aliphatic rings. The summed E-state index contributed by atoms with van der Waals surface area (Å²) in [6.45, 7) is 3.73. The smallest absolute Gasteiger partial charge is 0.434 e. The van der Waals surface area contributed by atoms with E-state index in [1.54, 1.807) is 37.6 Å². The number of halogens is 3. The van der Waals surface area contributed by atoms with E-state index >= 15 is 0 Å². The Morgan fingerprint density at radius 1 is 1.03 bits per heavy atom. The van der Waals surface area contributed by atoms with Gasteiger partial charge in [-0.2, -0.15) is 18.2 Å². The fraction of sp³-hybridized carbons (Fsp3) is 0.346. The van der Waals surface area contributed by atoms with E-state index in [0.717, 1.165) is 35.9 Å². The van der Waals surface area contributed by atoms with Crippen molar-refractivity contribution in [2.75, 3.05) is 7.11 Å². The summed E-state index contributed by atoms with van der Waals surface area (Å²) in [6, 6.07) is 7.06. The Labute approximate surface area is 211 Å². The summed E-state index contributed by atoms with van der Waals surface area (Å²) >= 11 is 0. The molecular weight excluding hydrogens is 485 g/mol. The molecular formula is C26H25F3N6O2. The van der Waals surface area contributed by atoms with Crippen LogP contribution in [0.3, 0.4) is 0 Å². The molecule has 0 bridgehead atoms. The van der Waals surface area contributed by atoms with Crippen molar-refractivity contribution in [1.29, 1.82) is 0 Å². The highest BCUT2D eigenvalue weighted by Gasteiger charge is 2.34. The minimum Gasteiger partial charge on any atom is -0.480 e. The molecule has 0 saturated heterocycles. The van der Waals surface area contributed by atoms with Crippen molar-refractivity contribution in [3.05, 3.63) is 65.5 Å². The minimum absolute atomic E-state index is 0.231. The van der Waals surface area contributed by atoms with E-state index in [-0.39, 0.29) is 11.9 Å². The zero-order chi connectivity index (χ0) is 26.3. The van der Waals surface area contributed by atoms with E-state index < -0.39 is 11.9 Å².